The molecule has 0 aliphatic heterocycles. The van der Waals surface area contributed by atoms with E-state index < -0.39 is 11.6 Å². The molecule has 0 radical (unpaired) electrons. The molecule has 27 heavy (non-hydrogen) atoms. The van der Waals surface area contributed by atoms with Gasteiger partial charge in [0, 0.05) is 22.5 Å². The third kappa shape index (κ3) is 3.13. The minimum absolute atomic E-state index is 0.371. The van der Waals surface area contributed by atoms with Gasteiger partial charge in [0.2, 0.25) is 0 Å². The summed E-state index contributed by atoms with van der Waals surface area (Å²) in [6.07, 6.45) is 1.42. The lowest BCUT2D eigenvalue weighted by atomic mass is 10.2. The van der Waals surface area contributed by atoms with Crippen LogP contribution in [0.3, 0.4) is 0 Å². The van der Waals surface area contributed by atoms with Gasteiger partial charge in [-0.3, -0.25) is 4.57 Å². The highest BCUT2D eigenvalue weighted by Crippen LogP contribution is 2.33. The Morgan fingerprint density at radius 3 is 2.44 bits per heavy atom. The first-order chi connectivity index (χ1) is 12.9. The van der Waals surface area contributed by atoms with E-state index in [1.807, 2.05) is 26.0 Å². The lowest BCUT2D eigenvalue weighted by Gasteiger charge is -2.09. The first-order valence-electron chi connectivity index (χ1n) is 8.25. The van der Waals surface area contributed by atoms with Crippen LogP contribution in [0.1, 0.15) is 11.3 Å². The van der Waals surface area contributed by atoms with E-state index in [1.54, 1.807) is 16.7 Å². The largest absolute Gasteiger partial charge is 0.340 e. The molecule has 0 saturated heterocycles. The molecule has 0 spiro atoms. The van der Waals surface area contributed by atoms with Gasteiger partial charge in [-0.05, 0) is 49.7 Å². The van der Waals surface area contributed by atoms with Crippen molar-refractivity contribution in [1.82, 2.24) is 14.5 Å². The van der Waals surface area contributed by atoms with E-state index >= 15 is 0 Å². The molecule has 0 aliphatic rings. The maximum atomic E-state index is 13.7. The van der Waals surface area contributed by atoms with Crippen molar-refractivity contribution in [2.45, 2.75) is 13.8 Å². The number of halogens is 3. The Hall–Kier alpha value is -2.99. The van der Waals surface area contributed by atoms with Crippen LogP contribution in [-0.4, -0.2) is 14.5 Å². The van der Waals surface area contributed by atoms with Gasteiger partial charge in [0.05, 0.1) is 11.1 Å². The number of hydrogen-bond donors (Lipinski definition) is 1. The molecular weight excluding hydrogens is 370 g/mol. The van der Waals surface area contributed by atoms with Gasteiger partial charge in [0.1, 0.15) is 23.8 Å². The summed E-state index contributed by atoms with van der Waals surface area (Å²) >= 11 is 6.05. The summed E-state index contributed by atoms with van der Waals surface area (Å²) in [5, 5.41) is 4.63. The minimum Gasteiger partial charge on any atom is -0.340 e. The Morgan fingerprint density at radius 1 is 1.00 bits per heavy atom. The molecule has 0 saturated carbocycles. The van der Waals surface area contributed by atoms with Crippen molar-refractivity contribution in [1.29, 1.82) is 0 Å². The second kappa shape index (κ2) is 6.63. The quantitative estimate of drug-likeness (QED) is 0.491. The molecule has 136 valence electrons. The SMILES string of the molecule is Cc1c(C)n(-c2cc(F)cc(F)c2)c2ncnc(Nc3cccc(Cl)c3)c12. The highest BCUT2D eigenvalue weighted by atomic mass is 35.5. The monoisotopic (exact) mass is 384 g/mol. The van der Waals surface area contributed by atoms with E-state index in [-0.39, 0.29) is 0 Å². The van der Waals surface area contributed by atoms with Gasteiger partial charge >= 0.3 is 0 Å². The lowest BCUT2D eigenvalue weighted by Crippen LogP contribution is -2.01. The van der Waals surface area contributed by atoms with Crippen molar-refractivity contribution in [2.24, 2.45) is 0 Å². The van der Waals surface area contributed by atoms with Crippen LogP contribution >= 0.6 is 11.6 Å². The van der Waals surface area contributed by atoms with E-state index in [1.165, 1.54) is 18.5 Å². The average molecular weight is 385 g/mol. The van der Waals surface area contributed by atoms with E-state index in [9.17, 15) is 8.78 Å². The normalized spacial score (nSPS) is 11.1. The summed E-state index contributed by atoms with van der Waals surface area (Å²) in [6.45, 7) is 3.80. The molecule has 0 bridgehead atoms. The van der Waals surface area contributed by atoms with Crippen molar-refractivity contribution >= 4 is 34.1 Å². The number of rotatable bonds is 3. The summed E-state index contributed by atoms with van der Waals surface area (Å²) < 4.78 is 29.2. The number of nitrogens with zero attached hydrogens (tertiary/aromatic N) is 3. The van der Waals surface area contributed by atoms with Crippen LogP contribution in [0.25, 0.3) is 16.7 Å². The van der Waals surface area contributed by atoms with Crippen LogP contribution in [0.2, 0.25) is 5.02 Å². The zero-order valence-electron chi connectivity index (χ0n) is 14.6. The van der Waals surface area contributed by atoms with Crippen LogP contribution in [0.5, 0.6) is 0 Å². The Bertz CT molecular complexity index is 1150. The summed E-state index contributed by atoms with van der Waals surface area (Å²) in [5.74, 6) is -0.691. The molecule has 2 aromatic carbocycles. The Kier molecular flexibility index (Phi) is 4.28. The molecule has 1 N–H and O–H groups in total. The van der Waals surface area contributed by atoms with Crippen molar-refractivity contribution in [3.8, 4) is 5.69 Å². The number of benzene rings is 2. The van der Waals surface area contributed by atoms with E-state index in [2.05, 4.69) is 15.3 Å². The van der Waals surface area contributed by atoms with Crippen LogP contribution in [0.4, 0.5) is 20.3 Å². The zero-order chi connectivity index (χ0) is 19.1. The topological polar surface area (TPSA) is 42.7 Å². The molecule has 4 aromatic rings. The van der Waals surface area contributed by atoms with Crippen molar-refractivity contribution < 1.29 is 8.78 Å². The predicted molar refractivity (Wildman–Crippen MR) is 103 cm³/mol. The Balaban J connectivity index is 1.92. The number of fused-ring (bicyclic) bond motifs is 1. The number of aromatic nitrogens is 3. The molecule has 0 fully saturated rings. The molecule has 0 unspecified atom stereocenters. The van der Waals surface area contributed by atoms with Crippen molar-refractivity contribution in [3.05, 3.63) is 76.7 Å². The van der Waals surface area contributed by atoms with E-state index in [0.29, 0.717) is 22.2 Å². The van der Waals surface area contributed by atoms with Gasteiger partial charge in [0.25, 0.3) is 0 Å². The van der Waals surface area contributed by atoms with Crippen molar-refractivity contribution in [2.75, 3.05) is 5.32 Å². The summed E-state index contributed by atoms with van der Waals surface area (Å²) in [6, 6.07) is 10.7. The molecule has 2 aromatic heterocycles. The van der Waals surface area contributed by atoms with Gasteiger partial charge in [-0.2, -0.15) is 0 Å². The maximum absolute atomic E-state index is 13.7. The van der Waals surface area contributed by atoms with Crippen molar-refractivity contribution in [3.63, 3.8) is 0 Å². The van der Waals surface area contributed by atoms with Gasteiger partial charge in [-0.25, -0.2) is 18.7 Å². The summed E-state index contributed by atoms with van der Waals surface area (Å²) in [5.41, 5.74) is 3.46. The molecular formula is C20H15ClF2N4. The first kappa shape index (κ1) is 17.4. The molecule has 4 rings (SSSR count). The number of nitrogens with one attached hydrogen (secondary N) is 1. The predicted octanol–water partition coefficient (Wildman–Crippen LogP) is 5.71. The average Bonchev–Trinajstić information content (AvgIpc) is 2.86. The molecule has 0 aliphatic carbocycles. The van der Waals surface area contributed by atoms with Gasteiger partial charge in [0.15, 0.2) is 5.65 Å². The first-order valence-corrected chi connectivity index (χ1v) is 8.63. The van der Waals surface area contributed by atoms with Crippen LogP contribution < -0.4 is 5.32 Å². The molecule has 4 nitrogen and oxygen atoms in total. The molecule has 0 atom stereocenters. The second-order valence-corrected chi connectivity index (χ2v) is 6.67. The van der Waals surface area contributed by atoms with E-state index in [4.69, 9.17) is 11.6 Å². The summed E-state index contributed by atoms with van der Waals surface area (Å²) in [4.78, 5) is 8.71. The Morgan fingerprint density at radius 2 is 1.74 bits per heavy atom. The lowest BCUT2D eigenvalue weighted by molar-refractivity contribution is 0.581. The van der Waals surface area contributed by atoms with Gasteiger partial charge in [-0.1, -0.05) is 17.7 Å². The maximum Gasteiger partial charge on any atom is 0.150 e. The number of aryl methyl sites for hydroxylation is 1. The molecule has 7 heteroatoms. The minimum atomic E-state index is -0.643. The second-order valence-electron chi connectivity index (χ2n) is 6.23. The van der Waals surface area contributed by atoms with Crippen LogP contribution in [-0.2, 0) is 0 Å². The summed E-state index contributed by atoms with van der Waals surface area (Å²) in [7, 11) is 0. The van der Waals surface area contributed by atoms with Gasteiger partial charge in [-0.15, -0.1) is 0 Å². The fourth-order valence-corrected chi connectivity index (χ4v) is 3.37. The van der Waals surface area contributed by atoms with Crippen LogP contribution in [0, 0.1) is 25.5 Å². The number of anilines is 2. The van der Waals surface area contributed by atoms with Gasteiger partial charge < -0.3 is 5.32 Å². The fourth-order valence-electron chi connectivity index (χ4n) is 3.18. The fraction of sp³-hybridized carbons (Fsp3) is 0.100. The Labute approximate surface area is 159 Å². The number of hydrogen-bond acceptors (Lipinski definition) is 3. The van der Waals surface area contributed by atoms with E-state index in [0.717, 1.165) is 28.4 Å². The zero-order valence-corrected chi connectivity index (χ0v) is 15.4. The smallest absolute Gasteiger partial charge is 0.150 e. The standard InChI is InChI=1S/C20H15ClF2N4/c1-11-12(2)27(17-8-14(22)7-15(23)9-17)20-18(11)19(24-10-25-20)26-16-5-3-4-13(21)6-16/h3-10H,1-2H3,(H,24,25,26). The highest BCUT2D eigenvalue weighted by Gasteiger charge is 2.18. The third-order valence-electron chi connectivity index (χ3n) is 4.49. The highest BCUT2D eigenvalue weighted by molar-refractivity contribution is 6.30. The molecule has 0 amide bonds. The molecule has 2 heterocycles. The third-order valence-corrected chi connectivity index (χ3v) is 4.72. The van der Waals surface area contributed by atoms with Crippen LogP contribution in [0.15, 0.2) is 48.8 Å².